The predicted octanol–water partition coefficient (Wildman–Crippen LogP) is 2.79. The molecule has 2 aromatic carbocycles. The molecule has 0 saturated heterocycles. The molecule has 0 bridgehead atoms. The Morgan fingerprint density at radius 1 is 0.746 bits per heavy atom. The number of H-pyrrole nitrogens is 2. The number of nitrogen functional groups attached to an aromatic ring is 2. The molecule has 0 aliphatic rings. The Morgan fingerprint density at radius 3 is 1.60 bits per heavy atom. The van der Waals surface area contributed by atoms with E-state index in [1.54, 1.807) is 57.3 Å². The highest BCUT2D eigenvalue weighted by Crippen LogP contribution is 2.48. The summed E-state index contributed by atoms with van der Waals surface area (Å²) < 4.78 is 23.0. The molecule has 23 nitrogen and oxygen atoms in total. The normalized spacial score (nSPS) is 11.7. The molecule has 0 unspecified atom stereocenters. The van der Waals surface area contributed by atoms with E-state index in [2.05, 4.69) is 45.2 Å². The van der Waals surface area contributed by atoms with Crippen molar-refractivity contribution in [3.63, 3.8) is 0 Å². The quantitative estimate of drug-likeness (QED) is 0.0610. The number of hydrogen-bond acceptors (Lipinski definition) is 18. The topological polar surface area (TPSA) is 341 Å². The zero-order valence-corrected chi connectivity index (χ0v) is 35.5. The summed E-state index contributed by atoms with van der Waals surface area (Å²) in [7, 11) is 0.329. The minimum absolute atomic E-state index is 0.00908. The molecule has 0 fully saturated rings. The van der Waals surface area contributed by atoms with Crippen LogP contribution in [0.1, 0.15) is 58.8 Å². The highest BCUT2D eigenvalue weighted by atomic mass is 31.2. The molecule has 24 heteroatoms. The van der Waals surface area contributed by atoms with Crippen molar-refractivity contribution in [1.82, 2.24) is 45.2 Å². The predicted molar refractivity (Wildman–Crippen MR) is 233 cm³/mol. The molecular weight excluding hydrogens is 841 g/mol. The van der Waals surface area contributed by atoms with Gasteiger partial charge in [0.25, 0.3) is 17.0 Å². The lowest BCUT2D eigenvalue weighted by Gasteiger charge is -2.20. The Kier molecular flexibility index (Phi) is 15.5. The maximum absolute atomic E-state index is 12.7. The first-order valence-electron chi connectivity index (χ1n) is 19.3. The highest BCUT2D eigenvalue weighted by molar-refractivity contribution is 7.53. The van der Waals surface area contributed by atoms with E-state index in [1.807, 2.05) is 16.8 Å². The molecule has 1 amide bonds. The van der Waals surface area contributed by atoms with Crippen LogP contribution in [0.4, 0.5) is 23.3 Å². The maximum Gasteiger partial charge on any atom is 0.335 e. The number of carbonyl (C=O) groups is 3. The molecule has 0 aliphatic heterocycles. The average molecular weight is 888 g/mol. The van der Waals surface area contributed by atoms with Crippen LogP contribution >= 0.6 is 7.60 Å². The van der Waals surface area contributed by atoms with E-state index in [0.29, 0.717) is 24.5 Å². The number of aromatic carboxylic acids is 1. The SMILES string of the molecule is CCOP(=O)(CCC[C@H](NC(=O)c1ccc(N(C)Cc2cnc3nc(N)[nH]c(=O)c3n2)cc1)C(=O)O)OCC.CN(Cc1cnc2nc(N)[nH]c(=O)c2n1)c1ccc(C(=O)O)cc1. The first-order chi connectivity index (χ1) is 30.0. The number of anilines is 4. The van der Waals surface area contributed by atoms with Crippen molar-refractivity contribution in [3.8, 4) is 0 Å². The largest absolute Gasteiger partial charge is 0.480 e. The van der Waals surface area contributed by atoms with Gasteiger partial charge in [-0.15, -0.1) is 0 Å². The Labute approximate surface area is 358 Å². The third-order valence-electron chi connectivity index (χ3n) is 9.08. The van der Waals surface area contributed by atoms with Crippen LogP contribution in [-0.2, 0) is 31.5 Å². The second-order valence-electron chi connectivity index (χ2n) is 13.8. The maximum atomic E-state index is 12.7. The molecular formula is C39H46N13O10P. The van der Waals surface area contributed by atoms with E-state index < -0.39 is 42.6 Å². The molecule has 332 valence electrons. The van der Waals surface area contributed by atoms with E-state index in [9.17, 15) is 33.6 Å². The van der Waals surface area contributed by atoms with Crippen LogP contribution in [0, 0.1) is 0 Å². The van der Waals surface area contributed by atoms with Gasteiger partial charge in [-0.1, -0.05) is 0 Å². The zero-order chi connectivity index (χ0) is 45.8. The Bertz CT molecular complexity index is 2740. The molecule has 4 aromatic heterocycles. The van der Waals surface area contributed by atoms with Gasteiger partial charge in [0, 0.05) is 31.0 Å². The van der Waals surface area contributed by atoms with Gasteiger partial charge in [-0.05, 0) is 75.2 Å². The van der Waals surface area contributed by atoms with Crippen LogP contribution < -0.4 is 37.7 Å². The number of amides is 1. The lowest BCUT2D eigenvalue weighted by atomic mass is 10.1. The number of nitrogens with two attached hydrogens (primary N) is 2. The molecule has 9 N–H and O–H groups in total. The molecule has 0 spiro atoms. The van der Waals surface area contributed by atoms with Gasteiger partial charge in [0.2, 0.25) is 11.9 Å². The number of aromatic nitrogens is 8. The van der Waals surface area contributed by atoms with Gasteiger partial charge < -0.3 is 45.8 Å². The summed E-state index contributed by atoms with van der Waals surface area (Å²) in [6.45, 7) is 4.52. The Balaban J connectivity index is 0.000000265. The van der Waals surface area contributed by atoms with Crippen LogP contribution in [0.2, 0.25) is 0 Å². The molecule has 0 radical (unpaired) electrons. The van der Waals surface area contributed by atoms with Crippen LogP contribution in [0.25, 0.3) is 22.3 Å². The van der Waals surface area contributed by atoms with Crippen LogP contribution in [0.5, 0.6) is 0 Å². The van der Waals surface area contributed by atoms with Gasteiger partial charge in [-0.3, -0.25) is 28.9 Å². The van der Waals surface area contributed by atoms with E-state index >= 15 is 0 Å². The van der Waals surface area contributed by atoms with Gasteiger partial charge in [0.05, 0.1) is 61.8 Å². The number of fused-ring (bicyclic) bond motifs is 2. The first kappa shape index (κ1) is 46.7. The van der Waals surface area contributed by atoms with Crippen molar-refractivity contribution in [2.24, 2.45) is 0 Å². The fraction of sp³-hybridized carbons (Fsp3) is 0.308. The number of aliphatic carboxylic acids is 1. The molecule has 1 atom stereocenters. The van der Waals surface area contributed by atoms with E-state index in [4.69, 9.17) is 25.6 Å². The molecule has 0 aliphatic carbocycles. The molecule has 4 heterocycles. The number of rotatable bonds is 18. The summed E-state index contributed by atoms with van der Waals surface area (Å²) in [6.07, 6.45) is 3.36. The first-order valence-corrected chi connectivity index (χ1v) is 21.0. The highest BCUT2D eigenvalue weighted by Gasteiger charge is 2.26. The van der Waals surface area contributed by atoms with Crippen LogP contribution in [0.15, 0.2) is 70.5 Å². The van der Waals surface area contributed by atoms with Gasteiger partial charge in [-0.25, -0.2) is 29.5 Å². The molecule has 6 aromatic rings. The van der Waals surface area contributed by atoms with Gasteiger partial charge in [0.1, 0.15) is 6.04 Å². The van der Waals surface area contributed by atoms with Crippen molar-refractivity contribution >= 4 is 71.0 Å². The van der Waals surface area contributed by atoms with Crippen LogP contribution in [-0.4, -0.2) is 107 Å². The summed E-state index contributed by atoms with van der Waals surface area (Å²) in [5.74, 6) is -2.78. The lowest BCUT2D eigenvalue weighted by molar-refractivity contribution is -0.139. The van der Waals surface area contributed by atoms with Crippen molar-refractivity contribution in [1.29, 1.82) is 0 Å². The lowest BCUT2D eigenvalue weighted by Crippen LogP contribution is -2.40. The third-order valence-corrected chi connectivity index (χ3v) is 11.2. The third kappa shape index (κ3) is 12.6. The number of carboxylic acid groups (broad SMARTS) is 2. The Hall–Kier alpha value is -7.36. The van der Waals surface area contributed by atoms with Gasteiger partial charge >= 0.3 is 19.5 Å². The van der Waals surface area contributed by atoms with E-state index in [0.717, 1.165) is 11.4 Å². The number of aromatic amines is 2. The fourth-order valence-electron chi connectivity index (χ4n) is 6.04. The minimum Gasteiger partial charge on any atom is -0.480 e. The number of benzene rings is 2. The summed E-state index contributed by atoms with van der Waals surface area (Å²) >= 11 is 0. The van der Waals surface area contributed by atoms with Crippen molar-refractivity contribution < 1.29 is 38.2 Å². The standard InChI is InChI=1S/C24H32N7O7P.C15H14N6O3/c1-4-37-39(36,38-5-2)12-6-7-18(23(34)35)28-21(32)15-8-10-17(11-9-15)31(3)14-16-13-26-20-19(27-16)22(33)30-24(25)29-20;1-21(10-4-2-8(3-5-10)14(23)24)7-9-6-17-12-11(18-9)13(22)20-15(16)19-12/h8-11,13,18H,4-7,12,14H2,1-3H3,(H,28,32)(H,34,35)(H3,25,26,29,30,33);2-6H,7H2,1H3,(H,23,24)(H3,16,17,19,20,22)/t18-;/m0./s1. The zero-order valence-electron chi connectivity index (χ0n) is 34.6. The van der Waals surface area contributed by atoms with E-state index in [1.165, 1.54) is 24.5 Å². The fourth-order valence-corrected chi connectivity index (χ4v) is 7.73. The molecule has 63 heavy (non-hydrogen) atoms. The van der Waals surface area contributed by atoms with Crippen molar-refractivity contribution in [2.75, 3.05) is 54.7 Å². The molecule has 6 rings (SSSR count). The van der Waals surface area contributed by atoms with Gasteiger partial charge in [-0.2, -0.15) is 9.97 Å². The minimum atomic E-state index is -3.30. The second kappa shape index (κ2) is 20.9. The average Bonchev–Trinajstić information content (AvgIpc) is 3.24. The number of nitrogens with zero attached hydrogens (tertiary/aromatic N) is 8. The Morgan fingerprint density at radius 2 is 1.19 bits per heavy atom. The summed E-state index contributed by atoms with van der Waals surface area (Å²) in [5.41, 5.74) is 13.7. The van der Waals surface area contributed by atoms with Crippen molar-refractivity contribution in [2.45, 2.75) is 45.8 Å². The summed E-state index contributed by atoms with van der Waals surface area (Å²) in [6, 6.07) is 11.8. The summed E-state index contributed by atoms with van der Waals surface area (Å²) in [5, 5.41) is 21.0. The molecule has 0 saturated carbocycles. The monoisotopic (exact) mass is 887 g/mol. The second-order valence-corrected chi connectivity index (χ2v) is 15.9. The number of carbonyl (C=O) groups excluding carboxylic acids is 1. The number of nitrogens with one attached hydrogen (secondary N) is 3. The number of carboxylic acids is 2. The van der Waals surface area contributed by atoms with E-state index in [-0.39, 0.29) is 77.6 Å². The van der Waals surface area contributed by atoms with Crippen molar-refractivity contribution in [3.05, 3.63) is 104 Å². The van der Waals surface area contributed by atoms with Gasteiger partial charge in [0.15, 0.2) is 22.3 Å². The smallest absolute Gasteiger partial charge is 0.335 e. The summed E-state index contributed by atoms with van der Waals surface area (Å²) in [4.78, 5) is 92.4. The number of hydrogen-bond donors (Lipinski definition) is 7. The van der Waals surface area contributed by atoms with Crippen LogP contribution in [0.3, 0.4) is 0 Å².